The van der Waals surface area contributed by atoms with Crippen LogP contribution in [-0.2, 0) is 11.2 Å². The third kappa shape index (κ3) is 4.54. The molecule has 0 bridgehead atoms. The molecule has 4 heteroatoms. The Morgan fingerprint density at radius 3 is 2.56 bits per heavy atom. The molecular formula is C12H15BrClNO. The zero-order valence-electron chi connectivity index (χ0n) is 9.17. The van der Waals surface area contributed by atoms with Gasteiger partial charge in [0, 0.05) is 16.4 Å². The topological polar surface area (TPSA) is 29.1 Å². The molecule has 1 aromatic rings. The van der Waals surface area contributed by atoms with Crippen molar-refractivity contribution in [1.29, 1.82) is 0 Å². The summed E-state index contributed by atoms with van der Waals surface area (Å²) in [5.41, 5.74) is 1.00. The first-order chi connectivity index (χ1) is 7.65. The summed E-state index contributed by atoms with van der Waals surface area (Å²) in [6, 6.07) is 7.81. The van der Waals surface area contributed by atoms with Crippen molar-refractivity contribution in [2.75, 3.05) is 5.88 Å². The smallest absolute Gasteiger partial charge is 0.224 e. The number of hydrogen-bond acceptors (Lipinski definition) is 1. The fraction of sp³-hybridized carbons (Fsp3) is 0.417. The zero-order valence-corrected chi connectivity index (χ0v) is 11.5. The summed E-state index contributed by atoms with van der Waals surface area (Å²) in [6.07, 6.45) is 1.26. The molecule has 0 aliphatic rings. The Bertz CT molecular complexity index is 335. The zero-order chi connectivity index (χ0) is 12.0. The van der Waals surface area contributed by atoms with Crippen LogP contribution in [0, 0.1) is 0 Å². The Balaban J connectivity index is 2.48. The van der Waals surface area contributed by atoms with E-state index in [1.165, 1.54) is 0 Å². The van der Waals surface area contributed by atoms with Crippen molar-refractivity contribution in [2.45, 2.75) is 25.8 Å². The van der Waals surface area contributed by atoms with Crippen molar-refractivity contribution in [3.8, 4) is 0 Å². The van der Waals surface area contributed by atoms with Crippen LogP contribution < -0.4 is 5.32 Å². The Morgan fingerprint density at radius 2 is 2.06 bits per heavy atom. The summed E-state index contributed by atoms with van der Waals surface area (Å²) in [6.45, 7) is 2.01. The fourth-order valence-electron chi connectivity index (χ4n) is 1.32. The molecule has 1 N–H and O–H groups in total. The molecule has 1 amide bonds. The minimum atomic E-state index is 0.0230. The Hall–Kier alpha value is -0.540. The van der Waals surface area contributed by atoms with Gasteiger partial charge in [-0.1, -0.05) is 35.0 Å². The lowest BCUT2D eigenvalue weighted by Gasteiger charge is -2.13. The van der Waals surface area contributed by atoms with Crippen LogP contribution in [0.1, 0.15) is 18.9 Å². The second-order valence-electron chi connectivity index (χ2n) is 3.63. The minimum absolute atomic E-state index is 0.0230. The van der Waals surface area contributed by atoms with Gasteiger partial charge in [-0.3, -0.25) is 4.79 Å². The average Bonchev–Trinajstić information content (AvgIpc) is 2.29. The lowest BCUT2D eigenvalue weighted by Crippen LogP contribution is -2.36. The summed E-state index contributed by atoms with van der Waals surface area (Å²) in [5.74, 6) is 0.484. The van der Waals surface area contributed by atoms with Gasteiger partial charge in [0.25, 0.3) is 0 Å². The molecule has 0 saturated carbocycles. The molecule has 1 rings (SSSR count). The number of alkyl halides is 1. The first-order valence-electron chi connectivity index (χ1n) is 5.25. The van der Waals surface area contributed by atoms with E-state index < -0.39 is 0 Å². The highest BCUT2D eigenvalue weighted by molar-refractivity contribution is 9.10. The first kappa shape index (κ1) is 13.5. The maximum absolute atomic E-state index is 11.6. The molecule has 16 heavy (non-hydrogen) atoms. The van der Waals surface area contributed by atoms with E-state index in [1.54, 1.807) is 0 Å². The van der Waals surface area contributed by atoms with E-state index in [-0.39, 0.29) is 11.9 Å². The van der Waals surface area contributed by atoms with Crippen molar-refractivity contribution < 1.29 is 4.79 Å². The summed E-state index contributed by atoms with van der Waals surface area (Å²) < 4.78 is 1.02. The average molecular weight is 305 g/mol. The summed E-state index contributed by atoms with van der Waals surface area (Å²) in [5, 5.41) is 2.90. The maximum Gasteiger partial charge on any atom is 0.224 e. The van der Waals surface area contributed by atoms with Gasteiger partial charge in [-0.25, -0.2) is 0 Å². The first-order valence-corrected chi connectivity index (χ1v) is 6.58. The number of amides is 1. The number of carbonyl (C=O) groups is 1. The molecule has 0 fully saturated rings. The number of rotatable bonds is 5. The van der Waals surface area contributed by atoms with Gasteiger partial charge in [0.15, 0.2) is 0 Å². The van der Waals surface area contributed by atoms with Crippen LogP contribution in [0.4, 0.5) is 0 Å². The number of halogens is 2. The van der Waals surface area contributed by atoms with Gasteiger partial charge in [0.1, 0.15) is 0 Å². The third-order valence-electron chi connectivity index (χ3n) is 2.32. The highest BCUT2D eigenvalue weighted by Crippen LogP contribution is 2.10. The Labute approximate surface area is 110 Å². The lowest BCUT2D eigenvalue weighted by molar-refractivity contribution is -0.121. The molecule has 1 aromatic carbocycles. The van der Waals surface area contributed by atoms with Gasteiger partial charge < -0.3 is 5.32 Å². The summed E-state index contributed by atoms with van der Waals surface area (Å²) in [4.78, 5) is 11.6. The molecule has 0 spiro atoms. The molecule has 88 valence electrons. The summed E-state index contributed by atoms with van der Waals surface area (Å²) in [7, 11) is 0. The van der Waals surface area contributed by atoms with Crippen molar-refractivity contribution in [2.24, 2.45) is 0 Å². The molecular weight excluding hydrogens is 289 g/mol. The molecule has 0 aliphatic carbocycles. The van der Waals surface area contributed by atoms with Crippen LogP contribution in [0.25, 0.3) is 0 Å². The largest absolute Gasteiger partial charge is 0.352 e. The van der Waals surface area contributed by atoms with Crippen molar-refractivity contribution in [3.63, 3.8) is 0 Å². The van der Waals surface area contributed by atoms with E-state index in [4.69, 9.17) is 11.6 Å². The van der Waals surface area contributed by atoms with Crippen LogP contribution in [-0.4, -0.2) is 17.8 Å². The Kier molecular flexibility index (Phi) is 5.85. The number of hydrogen-bond donors (Lipinski definition) is 1. The van der Waals surface area contributed by atoms with E-state index in [0.29, 0.717) is 12.3 Å². The second-order valence-corrected chi connectivity index (χ2v) is 4.85. The monoisotopic (exact) mass is 303 g/mol. The molecule has 0 radical (unpaired) electrons. The van der Waals surface area contributed by atoms with E-state index in [2.05, 4.69) is 21.2 Å². The third-order valence-corrected chi connectivity index (χ3v) is 3.22. The molecule has 0 saturated heterocycles. The normalized spacial score (nSPS) is 12.2. The highest BCUT2D eigenvalue weighted by Gasteiger charge is 2.09. The van der Waals surface area contributed by atoms with Gasteiger partial charge in [-0.15, -0.1) is 11.6 Å². The van der Waals surface area contributed by atoms with E-state index in [9.17, 15) is 4.79 Å². The fourth-order valence-corrected chi connectivity index (χ4v) is 1.88. The quantitative estimate of drug-likeness (QED) is 0.832. The van der Waals surface area contributed by atoms with E-state index in [1.807, 2.05) is 31.2 Å². The van der Waals surface area contributed by atoms with Gasteiger partial charge in [-0.2, -0.15) is 0 Å². The number of carbonyl (C=O) groups excluding carboxylic acids is 1. The minimum Gasteiger partial charge on any atom is -0.352 e. The number of nitrogens with one attached hydrogen (secondary N) is 1. The van der Waals surface area contributed by atoms with Crippen molar-refractivity contribution in [1.82, 2.24) is 5.32 Å². The molecule has 1 unspecified atom stereocenters. The molecule has 2 nitrogen and oxygen atoms in total. The maximum atomic E-state index is 11.6. The van der Waals surface area contributed by atoms with E-state index in [0.717, 1.165) is 16.5 Å². The molecule has 1 atom stereocenters. The van der Waals surface area contributed by atoms with Crippen LogP contribution >= 0.6 is 27.5 Å². The number of benzene rings is 1. The van der Waals surface area contributed by atoms with Gasteiger partial charge in [0.2, 0.25) is 5.91 Å². The Morgan fingerprint density at radius 1 is 1.44 bits per heavy atom. The highest BCUT2D eigenvalue weighted by atomic mass is 79.9. The van der Waals surface area contributed by atoms with Crippen LogP contribution in [0.15, 0.2) is 28.7 Å². The van der Waals surface area contributed by atoms with Crippen molar-refractivity contribution in [3.05, 3.63) is 34.3 Å². The predicted molar refractivity (Wildman–Crippen MR) is 70.8 cm³/mol. The van der Waals surface area contributed by atoms with Gasteiger partial charge >= 0.3 is 0 Å². The lowest BCUT2D eigenvalue weighted by atomic mass is 10.1. The summed E-state index contributed by atoms with van der Waals surface area (Å²) >= 11 is 9.07. The van der Waals surface area contributed by atoms with Gasteiger partial charge in [0.05, 0.1) is 6.42 Å². The predicted octanol–water partition coefficient (Wildman–Crippen LogP) is 3.13. The van der Waals surface area contributed by atoms with Crippen LogP contribution in [0.5, 0.6) is 0 Å². The second kappa shape index (κ2) is 6.92. The van der Waals surface area contributed by atoms with Gasteiger partial charge in [-0.05, 0) is 24.1 Å². The van der Waals surface area contributed by atoms with Crippen LogP contribution in [0.3, 0.4) is 0 Å². The molecule has 0 heterocycles. The SMILES string of the molecule is CCC(CCl)NC(=O)Cc1ccc(Br)cc1. The van der Waals surface area contributed by atoms with Crippen molar-refractivity contribution >= 4 is 33.4 Å². The van der Waals surface area contributed by atoms with Crippen LogP contribution in [0.2, 0.25) is 0 Å². The van der Waals surface area contributed by atoms with E-state index >= 15 is 0 Å². The molecule has 0 aromatic heterocycles. The standard InChI is InChI=1S/C12H15BrClNO/c1-2-11(8-14)15-12(16)7-9-3-5-10(13)6-4-9/h3-6,11H,2,7-8H2,1H3,(H,15,16). The molecule has 0 aliphatic heterocycles.